The zero-order valence-corrected chi connectivity index (χ0v) is 23.5. The number of hydrogen-bond donors (Lipinski definition) is 5. The number of halogens is 1. The fourth-order valence-electron chi connectivity index (χ4n) is 4.74. The van der Waals surface area contributed by atoms with Crippen LogP contribution in [-0.4, -0.2) is 29.2 Å². The summed E-state index contributed by atoms with van der Waals surface area (Å²) in [5.74, 6) is 0.220. The van der Waals surface area contributed by atoms with E-state index in [1.54, 1.807) is 30.3 Å². The predicted octanol–water partition coefficient (Wildman–Crippen LogP) is 5.43. The van der Waals surface area contributed by atoms with Gasteiger partial charge < -0.3 is 30.8 Å². The first-order valence-electron chi connectivity index (χ1n) is 14.0. The molecule has 0 saturated carbocycles. The number of amides is 2. The van der Waals surface area contributed by atoms with E-state index in [9.17, 15) is 19.1 Å². The third-order valence-corrected chi connectivity index (χ3v) is 6.97. The topological polar surface area (TPSA) is 115 Å². The van der Waals surface area contributed by atoms with Gasteiger partial charge in [-0.25, -0.2) is 9.18 Å². The van der Waals surface area contributed by atoms with Crippen LogP contribution in [0, 0.1) is 5.82 Å². The average Bonchev–Trinajstić information content (AvgIpc) is 3.02. The van der Waals surface area contributed by atoms with Gasteiger partial charge in [-0.3, -0.25) is 4.79 Å². The molecule has 0 unspecified atom stereocenters. The van der Waals surface area contributed by atoms with Crippen molar-refractivity contribution >= 4 is 22.6 Å². The molecule has 0 radical (unpaired) electrons. The van der Waals surface area contributed by atoms with Crippen molar-refractivity contribution in [1.29, 1.82) is 0 Å². The maximum Gasteiger partial charge on any atom is 0.319 e. The Labute approximate surface area is 248 Å². The van der Waals surface area contributed by atoms with Gasteiger partial charge in [0.05, 0.1) is 11.6 Å². The average molecular weight is 581 g/mol. The standard InChI is InChI=1S/C34H33FN4O4/c35-26-11-9-24(10-12-26)20-37-34(42)38-27-8-4-7-23(19-27)17-18-36-21-30(40)28-13-15-31(33-29(28)14-16-32(41)39-33)43-22-25-5-2-1-3-6-25/h1-16,19,30,36,40H,17-18,20-22H2,(H,39,41)(H2,37,38,42)/t30-/m1/s1. The van der Waals surface area contributed by atoms with Gasteiger partial charge in [0.15, 0.2) is 0 Å². The number of aromatic amines is 1. The highest BCUT2D eigenvalue weighted by atomic mass is 19.1. The van der Waals surface area contributed by atoms with Crippen molar-refractivity contribution in [2.24, 2.45) is 0 Å². The minimum Gasteiger partial charge on any atom is -0.487 e. The molecular weight excluding hydrogens is 547 g/mol. The second kappa shape index (κ2) is 14.3. The SMILES string of the molecule is O=C(NCc1ccc(F)cc1)Nc1cccc(CCNC[C@@H](O)c2ccc(OCc3ccccc3)c3[nH]c(=O)ccc23)c1. The van der Waals surface area contributed by atoms with Crippen LogP contribution in [0.5, 0.6) is 5.75 Å². The van der Waals surface area contributed by atoms with Gasteiger partial charge in [-0.2, -0.15) is 0 Å². The summed E-state index contributed by atoms with van der Waals surface area (Å²) in [5, 5.41) is 20.6. The highest BCUT2D eigenvalue weighted by Gasteiger charge is 2.15. The molecule has 5 aromatic rings. The molecule has 0 bridgehead atoms. The van der Waals surface area contributed by atoms with Gasteiger partial charge in [-0.05, 0) is 71.6 Å². The Kier molecular flexibility index (Phi) is 9.78. The zero-order chi connectivity index (χ0) is 30.0. The second-order valence-electron chi connectivity index (χ2n) is 10.1. The fourth-order valence-corrected chi connectivity index (χ4v) is 4.74. The van der Waals surface area contributed by atoms with Crippen LogP contribution < -0.4 is 26.2 Å². The van der Waals surface area contributed by atoms with Crippen LogP contribution in [0.3, 0.4) is 0 Å². The van der Waals surface area contributed by atoms with Gasteiger partial charge in [0, 0.05) is 30.2 Å². The molecule has 8 nitrogen and oxygen atoms in total. The van der Waals surface area contributed by atoms with Crippen molar-refractivity contribution < 1.29 is 19.0 Å². The van der Waals surface area contributed by atoms with Gasteiger partial charge in [0.1, 0.15) is 18.2 Å². The minimum absolute atomic E-state index is 0.246. The van der Waals surface area contributed by atoms with E-state index in [0.29, 0.717) is 48.6 Å². The first-order valence-corrected chi connectivity index (χ1v) is 14.0. The number of aliphatic hydroxyl groups is 1. The van der Waals surface area contributed by atoms with Crippen molar-refractivity contribution in [1.82, 2.24) is 15.6 Å². The van der Waals surface area contributed by atoms with Crippen molar-refractivity contribution in [3.8, 4) is 5.75 Å². The number of pyridine rings is 1. The zero-order valence-electron chi connectivity index (χ0n) is 23.5. The monoisotopic (exact) mass is 580 g/mol. The molecule has 4 aromatic carbocycles. The summed E-state index contributed by atoms with van der Waals surface area (Å²) in [6.45, 7) is 1.55. The molecule has 0 aliphatic heterocycles. The summed E-state index contributed by atoms with van der Waals surface area (Å²) in [6.07, 6.45) is -0.130. The summed E-state index contributed by atoms with van der Waals surface area (Å²) in [6, 6.07) is 29.7. The molecule has 5 rings (SSSR count). The van der Waals surface area contributed by atoms with E-state index >= 15 is 0 Å². The molecule has 0 aliphatic rings. The highest BCUT2D eigenvalue weighted by Crippen LogP contribution is 2.30. The van der Waals surface area contributed by atoms with Crippen molar-refractivity contribution in [3.63, 3.8) is 0 Å². The van der Waals surface area contributed by atoms with Gasteiger partial charge in [0.2, 0.25) is 5.56 Å². The summed E-state index contributed by atoms with van der Waals surface area (Å²) in [4.78, 5) is 27.3. The van der Waals surface area contributed by atoms with E-state index in [-0.39, 0.29) is 24.0 Å². The van der Waals surface area contributed by atoms with Crippen LogP contribution in [0.25, 0.3) is 10.9 Å². The first kappa shape index (κ1) is 29.5. The third-order valence-electron chi connectivity index (χ3n) is 6.97. The number of hydrogen-bond acceptors (Lipinski definition) is 5. The Balaban J connectivity index is 1.13. The Bertz CT molecular complexity index is 1720. The van der Waals surface area contributed by atoms with Crippen LogP contribution in [0.1, 0.15) is 28.4 Å². The van der Waals surface area contributed by atoms with E-state index in [4.69, 9.17) is 4.74 Å². The van der Waals surface area contributed by atoms with Crippen molar-refractivity contribution in [2.45, 2.75) is 25.7 Å². The summed E-state index contributed by atoms with van der Waals surface area (Å²) in [5.41, 5.74) is 4.46. The lowest BCUT2D eigenvalue weighted by Gasteiger charge is -2.17. The number of aliphatic hydroxyl groups excluding tert-OH is 1. The molecule has 9 heteroatoms. The molecule has 1 aromatic heterocycles. The number of anilines is 1. The highest BCUT2D eigenvalue weighted by molar-refractivity contribution is 5.89. The number of fused-ring (bicyclic) bond motifs is 1. The molecule has 0 spiro atoms. The third kappa shape index (κ3) is 8.28. The lowest BCUT2D eigenvalue weighted by atomic mass is 10.0. The number of H-pyrrole nitrogens is 1. The molecule has 1 atom stereocenters. The van der Waals surface area contributed by atoms with Crippen molar-refractivity contribution in [3.05, 3.63) is 142 Å². The number of carbonyl (C=O) groups excluding carboxylic acids is 1. The van der Waals surface area contributed by atoms with Crippen LogP contribution in [0.15, 0.2) is 108 Å². The van der Waals surface area contributed by atoms with Gasteiger partial charge in [0.25, 0.3) is 0 Å². The van der Waals surface area contributed by atoms with E-state index < -0.39 is 6.10 Å². The molecule has 0 fully saturated rings. The normalized spacial score (nSPS) is 11.7. The number of urea groups is 1. The number of ether oxygens (including phenoxy) is 1. The predicted molar refractivity (Wildman–Crippen MR) is 166 cm³/mol. The summed E-state index contributed by atoms with van der Waals surface area (Å²) < 4.78 is 19.1. The molecule has 220 valence electrons. The van der Waals surface area contributed by atoms with E-state index in [2.05, 4.69) is 20.9 Å². The van der Waals surface area contributed by atoms with E-state index in [0.717, 1.165) is 22.1 Å². The maximum absolute atomic E-state index is 13.1. The molecule has 5 N–H and O–H groups in total. The fraction of sp³-hybridized carbons (Fsp3) is 0.176. The minimum atomic E-state index is -0.811. The van der Waals surface area contributed by atoms with Crippen LogP contribution in [0.4, 0.5) is 14.9 Å². The Morgan fingerprint density at radius 2 is 1.67 bits per heavy atom. The maximum atomic E-state index is 13.1. The van der Waals surface area contributed by atoms with Gasteiger partial charge in [-0.1, -0.05) is 60.7 Å². The van der Waals surface area contributed by atoms with Crippen molar-refractivity contribution in [2.75, 3.05) is 18.4 Å². The second-order valence-corrected chi connectivity index (χ2v) is 10.1. The molecule has 0 saturated heterocycles. The molecule has 1 heterocycles. The Morgan fingerprint density at radius 3 is 2.49 bits per heavy atom. The lowest BCUT2D eigenvalue weighted by molar-refractivity contribution is 0.176. The number of carbonyl (C=O) groups is 1. The number of rotatable bonds is 12. The smallest absolute Gasteiger partial charge is 0.319 e. The van der Waals surface area contributed by atoms with Crippen LogP contribution in [-0.2, 0) is 19.6 Å². The Morgan fingerprint density at radius 1 is 0.884 bits per heavy atom. The molecule has 43 heavy (non-hydrogen) atoms. The lowest BCUT2D eigenvalue weighted by Crippen LogP contribution is -2.28. The van der Waals surface area contributed by atoms with Gasteiger partial charge >= 0.3 is 6.03 Å². The first-order chi connectivity index (χ1) is 20.9. The summed E-state index contributed by atoms with van der Waals surface area (Å²) >= 11 is 0. The van der Waals surface area contributed by atoms with Crippen LogP contribution >= 0.6 is 0 Å². The molecule has 2 amide bonds. The number of nitrogens with one attached hydrogen (secondary N) is 4. The van der Waals surface area contributed by atoms with Gasteiger partial charge in [-0.15, -0.1) is 0 Å². The quantitative estimate of drug-likeness (QED) is 0.126. The molecule has 0 aliphatic carbocycles. The van der Waals surface area contributed by atoms with Crippen LogP contribution in [0.2, 0.25) is 0 Å². The Hall–Kier alpha value is -4.99. The molecular formula is C34H33FN4O4. The number of benzene rings is 4. The largest absolute Gasteiger partial charge is 0.487 e. The van der Waals surface area contributed by atoms with E-state index in [1.807, 2.05) is 54.6 Å². The number of aromatic nitrogens is 1. The van der Waals surface area contributed by atoms with E-state index in [1.165, 1.54) is 18.2 Å². The summed E-state index contributed by atoms with van der Waals surface area (Å²) in [7, 11) is 0.